The van der Waals surface area contributed by atoms with Gasteiger partial charge in [0, 0.05) is 43.5 Å². The first-order valence-electron chi connectivity index (χ1n) is 8.64. The van der Waals surface area contributed by atoms with Gasteiger partial charge in [0.2, 0.25) is 5.91 Å². The zero-order valence-corrected chi connectivity index (χ0v) is 15.0. The lowest BCUT2D eigenvalue weighted by Crippen LogP contribution is -2.51. The minimum atomic E-state index is -0.655. The molecule has 0 aliphatic carbocycles. The van der Waals surface area contributed by atoms with Gasteiger partial charge in [-0.3, -0.25) is 14.4 Å². The Kier molecular flexibility index (Phi) is 6.52. The summed E-state index contributed by atoms with van der Waals surface area (Å²) in [6.07, 6.45) is 0. The number of nitrogens with zero attached hydrogens (tertiary/aromatic N) is 2. The number of hydrogen-bond acceptors (Lipinski definition) is 4. The van der Waals surface area contributed by atoms with Gasteiger partial charge in [-0.15, -0.1) is 0 Å². The SMILES string of the molecule is CCN1CCN(C(=O)C(=O)Nc2cccc(NC(=O)C(C)C)c2)CC1. The minimum Gasteiger partial charge on any atom is -0.332 e. The Hall–Kier alpha value is -2.41. The van der Waals surface area contributed by atoms with Crippen molar-refractivity contribution in [3.63, 3.8) is 0 Å². The Labute approximate surface area is 148 Å². The molecule has 7 heteroatoms. The van der Waals surface area contributed by atoms with Crippen molar-refractivity contribution in [3.05, 3.63) is 24.3 Å². The van der Waals surface area contributed by atoms with Crippen LogP contribution in [0.2, 0.25) is 0 Å². The number of piperazine rings is 1. The highest BCUT2D eigenvalue weighted by Crippen LogP contribution is 2.16. The summed E-state index contributed by atoms with van der Waals surface area (Å²) in [5.74, 6) is -1.42. The van der Waals surface area contributed by atoms with Crippen LogP contribution in [0.1, 0.15) is 20.8 Å². The molecule has 0 spiro atoms. The van der Waals surface area contributed by atoms with Crippen molar-refractivity contribution in [2.75, 3.05) is 43.4 Å². The number of carbonyl (C=O) groups is 3. The maximum Gasteiger partial charge on any atom is 0.313 e. The van der Waals surface area contributed by atoms with E-state index in [0.717, 1.165) is 19.6 Å². The van der Waals surface area contributed by atoms with Crippen LogP contribution < -0.4 is 10.6 Å². The molecule has 1 fully saturated rings. The Morgan fingerprint density at radius 1 is 1.04 bits per heavy atom. The molecule has 2 rings (SSSR count). The molecule has 3 amide bonds. The number of benzene rings is 1. The van der Waals surface area contributed by atoms with Crippen LogP contribution in [-0.2, 0) is 14.4 Å². The maximum atomic E-state index is 12.3. The van der Waals surface area contributed by atoms with Crippen LogP contribution in [0.5, 0.6) is 0 Å². The van der Waals surface area contributed by atoms with Crippen LogP contribution >= 0.6 is 0 Å². The van der Waals surface area contributed by atoms with Gasteiger partial charge < -0.3 is 20.4 Å². The van der Waals surface area contributed by atoms with Crippen molar-refractivity contribution < 1.29 is 14.4 Å². The largest absolute Gasteiger partial charge is 0.332 e. The van der Waals surface area contributed by atoms with Gasteiger partial charge in [-0.25, -0.2) is 0 Å². The van der Waals surface area contributed by atoms with Crippen molar-refractivity contribution >= 4 is 29.1 Å². The Morgan fingerprint density at radius 2 is 1.64 bits per heavy atom. The fraction of sp³-hybridized carbons (Fsp3) is 0.500. The fourth-order valence-corrected chi connectivity index (χ4v) is 2.56. The summed E-state index contributed by atoms with van der Waals surface area (Å²) in [6, 6.07) is 6.78. The monoisotopic (exact) mass is 346 g/mol. The average Bonchev–Trinajstić information content (AvgIpc) is 2.61. The van der Waals surface area contributed by atoms with Crippen LogP contribution in [0.3, 0.4) is 0 Å². The molecule has 0 aromatic heterocycles. The quantitative estimate of drug-likeness (QED) is 0.807. The van der Waals surface area contributed by atoms with E-state index in [1.165, 1.54) is 0 Å². The predicted octanol–water partition coefficient (Wildman–Crippen LogP) is 1.38. The van der Waals surface area contributed by atoms with E-state index < -0.39 is 11.8 Å². The molecule has 1 aromatic carbocycles. The topological polar surface area (TPSA) is 81.8 Å². The normalized spacial score (nSPS) is 15.1. The van der Waals surface area contributed by atoms with Crippen LogP contribution in [0, 0.1) is 5.92 Å². The molecule has 1 aromatic rings. The van der Waals surface area contributed by atoms with Gasteiger partial charge in [0.1, 0.15) is 0 Å². The van der Waals surface area contributed by atoms with Crippen molar-refractivity contribution in [3.8, 4) is 0 Å². The predicted molar refractivity (Wildman–Crippen MR) is 97.2 cm³/mol. The van der Waals surface area contributed by atoms with E-state index >= 15 is 0 Å². The number of hydrogen-bond donors (Lipinski definition) is 2. The molecule has 0 atom stereocenters. The third-order valence-electron chi connectivity index (χ3n) is 4.21. The van der Waals surface area contributed by atoms with E-state index in [0.29, 0.717) is 24.5 Å². The van der Waals surface area contributed by atoms with Crippen molar-refractivity contribution in [1.29, 1.82) is 0 Å². The summed E-state index contributed by atoms with van der Waals surface area (Å²) in [4.78, 5) is 40.0. The molecule has 0 saturated carbocycles. The highest BCUT2D eigenvalue weighted by atomic mass is 16.2. The molecule has 1 heterocycles. The summed E-state index contributed by atoms with van der Waals surface area (Å²) in [7, 11) is 0. The summed E-state index contributed by atoms with van der Waals surface area (Å²) in [6.45, 7) is 9.32. The third-order valence-corrected chi connectivity index (χ3v) is 4.21. The first-order chi connectivity index (χ1) is 11.9. The second kappa shape index (κ2) is 8.62. The number of rotatable bonds is 4. The van der Waals surface area contributed by atoms with E-state index in [-0.39, 0.29) is 11.8 Å². The van der Waals surface area contributed by atoms with Gasteiger partial charge in [-0.2, -0.15) is 0 Å². The van der Waals surface area contributed by atoms with Gasteiger partial charge in [-0.05, 0) is 24.7 Å². The third kappa shape index (κ3) is 5.29. The second-order valence-electron chi connectivity index (χ2n) is 6.41. The van der Waals surface area contributed by atoms with Crippen LogP contribution in [-0.4, -0.2) is 60.2 Å². The lowest BCUT2D eigenvalue weighted by molar-refractivity contribution is -0.144. The zero-order valence-electron chi connectivity index (χ0n) is 15.0. The summed E-state index contributed by atoms with van der Waals surface area (Å²) in [5.41, 5.74) is 1.06. The van der Waals surface area contributed by atoms with E-state index in [1.54, 1.807) is 43.0 Å². The standard InChI is InChI=1S/C18H26N4O3/c1-4-21-8-10-22(11-9-21)18(25)17(24)20-15-7-5-6-14(12-15)19-16(23)13(2)3/h5-7,12-13H,4,8-11H2,1-3H3,(H,19,23)(H,20,24). The van der Waals surface area contributed by atoms with Gasteiger partial charge >= 0.3 is 11.8 Å². The highest BCUT2D eigenvalue weighted by molar-refractivity contribution is 6.39. The number of anilines is 2. The number of amides is 3. The van der Waals surface area contributed by atoms with Crippen molar-refractivity contribution in [2.24, 2.45) is 5.92 Å². The number of nitrogens with one attached hydrogen (secondary N) is 2. The van der Waals surface area contributed by atoms with Crippen molar-refractivity contribution in [1.82, 2.24) is 9.80 Å². The Balaban J connectivity index is 1.94. The average molecular weight is 346 g/mol. The van der Waals surface area contributed by atoms with E-state index in [2.05, 4.69) is 22.5 Å². The number of likely N-dealkylation sites (N-methyl/N-ethyl adjacent to an activating group) is 1. The van der Waals surface area contributed by atoms with E-state index in [9.17, 15) is 14.4 Å². The Morgan fingerprint density at radius 3 is 2.20 bits per heavy atom. The molecule has 1 aliphatic heterocycles. The van der Waals surface area contributed by atoms with Gasteiger partial charge in [0.15, 0.2) is 0 Å². The molecule has 7 nitrogen and oxygen atoms in total. The van der Waals surface area contributed by atoms with Gasteiger partial charge in [-0.1, -0.05) is 26.8 Å². The van der Waals surface area contributed by atoms with Crippen LogP contribution in [0.25, 0.3) is 0 Å². The molecule has 1 saturated heterocycles. The van der Waals surface area contributed by atoms with Gasteiger partial charge in [0.25, 0.3) is 0 Å². The molecule has 0 radical (unpaired) electrons. The van der Waals surface area contributed by atoms with Crippen LogP contribution in [0.15, 0.2) is 24.3 Å². The smallest absolute Gasteiger partial charge is 0.313 e. The molecule has 136 valence electrons. The number of carbonyl (C=O) groups excluding carboxylic acids is 3. The lowest BCUT2D eigenvalue weighted by atomic mass is 10.2. The molecule has 25 heavy (non-hydrogen) atoms. The Bertz CT molecular complexity index is 637. The summed E-state index contributed by atoms with van der Waals surface area (Å²) < 4.78 is 0. The summed E-state index contributed by atoms with van der Waals surface area (Å²) in [5, 5.41) is 5.38. The molecule has 0 bridgehead atoms. The lowest BCUT2D eigenvalue weighted by Gasteiger charge is -2.33. The van der Waals surface area contributed by atoms with E-state index in [1.807, 2.05) is 0 Å². The first-order valence-corrected chi connectivity index (χ1v) is 8.64. The molecular formula is C18H26N4O3. The van der Waals surface area contributed by atoms with E-state index in [4.69, 9.17) is 0 Å². The zero-order chi connectivity index (χ0) is 18.4. The minimum absolute atomic E-state index is 0.103. The second-order valence-corrected chi connectivity index (χ2v) is 6.41. The highest BCUT2D eigenvalue weighted by Gasteiger charge is 2.25. The molecular weight excluding hydrogens is 320 g/mol. The van der Waals surface area contributed by atoms with Crippen molar-refractivity contribution in [2.45, 2.75) is 20.8 Å². The van der Waals surface area contributed by atoms with Crippen LogP contribution in [0.4, 0.5) is 11.4 Å². The van der Waals surface area contributed by atoms with Gasteiger partial charge in [0.05, 0.1) is 0 Å². The molecule has 2 N–H and O–H groups in total. The summed E-state index contributed by atoms with van der Waals surface area (Å²) >= 11 is 0. The molecule has 0 unspecified atom stereocenters. The maximum absolute atomic E-state index is 12.3. The first kappa shape index (κ1) is 18.9. The fourth-order valence-electron chi connectivity index (χ4n) is 2.56. The molecule has 1 aliphatic rings.